The lowest BCUT2D eigenvalue weighted by molar-refractivity contribution is -0.153. The van der Waals surface area contributed by atoms with Gasteiger partial charge in [0.05, 0.1) is 0 Å². The second-order valence-corrected chi connectivity index (χ2v) is 5.42. The molecule has 2 aromatic rings. The van der Waals surface area contributed by atoms with E-state index in [9.17, 15) is 9.90 Å². The lowest BCUT2D eigenvalue weighted by atomic mass is 9.76. The van der Waals surface area contributed by atoms with Crippen LogP contribution in [0.3, 0.4) is 0 Å². The molecule has 0 saturated heterocycles. The fourth-order valence-corrected chi connectivity index (χ4v) is 2.70. The predicted molar refractivity (Wildman–Crippen MR) is 72.5 cm³/mol. The summed E-state index contributed by atoms with van der Waals surface area (Å²) in [6, 6.07) is 5.43. The van der Waals surface area contributed by atoms with Gasteiger partial charge in [-0.3, -0.25) is 0 Å². The number of carboxylic acid groups (broad SMARTS) is 1. The Labute approximate surface area is 120 Å². The molecule has 3 rings (SSSR count). The van der Waals surface area contributed by atoms with Crippen LogP contribution in [0.15, 0.2) is 18.2 Å². The van der Waals surface area contributed by atoms with E-state index >= 15 is 0 Å². The number of aromatic nitrogens is 4. The monoisotopic (exact) mass is 292 g/mol. The van der Waals surface area contributed by atoms with Crippen LogP contribution in [0.25, 0.3) is 11.4 Å². The van der Waals surface area contributed by atoms with Gasteiger partial charge in [0.25, 0.3) is 0 Å². The summed E-state index contributed by atoms with van der Waals surface area (Å²) in [6.45, 7) is 1.87. The molecule has 0 atom stereocenters. The molecule has 104 valence electrons. The number of rotatable bonds is 3. The van der Waals surface area contributed by atoms with Crippen LogP contribution >= 0.6 is 11.6 Å². The normalized spacial score (nSPS) is 16.7. The van der Waals surface area contributed by atoms with E-state index in [0.717, 1.165) is 17.5 Å². The van der Waals surface area contributed by atoms with Crippen molar-refractivity contribution >= 4 is 17.6 Å². The number of benzene rings is 1. The third kappa shape index (κ3) is 1.71. The number of carboxylic acids is 1. The lowest BCUT2D eigenvalue weighted by Gasteiger charge is -2.37. The Morgan fingerprint density at radius 1 is 1.45 bits per heavy atom. The van der Waals surface area contributed by atoms with Crippen LogP contribution in [0.1, 0.15) is 24.8 Å². The number of carbonyl (C=O) groups is 1. The van der Waals surface area contributed by atoms with Crippen molar-refractivity contribution in [3.63, 3.8) is 0 Å². The fraction of sp³-hybridized carbons (Fsp3) is 0.385. The van der Waals surface area contributed by atoms with Gasteiger partial charge in [0.15, 0.2) is 11.4 Å². The zero-order valence-corrected chi connectivity index (χ0v) is 11.6. The van der Waals surface area contributed by atoms with Crippen LogP contribution in [0.4, 0.5) is 0 Å². The first-order valence-electron chi connectivity index (χ1n) is 6.34. The first kappa shape index (κ1) is 13.1. The topological polar surface area (TPSA) is 80.9 Å². The maximum Gasteiger partial charge on any atom is 0.331 e. The van der Waals surface area contributed by atoms with Crippen molar-refractivity contribution in [2.24, 2.45) is 0 Å². The Balaban J connectivity index is 2.16. The van der Waals surface area contributed by atoms with Crippen molar-refractivity contribution in [1.29, 1.82) is 0 Å². The largest absolute Gasteiger partial charge is 0.479 e. The van der Waals surface area contributed by atoms with Gasteiger partial charge in [-0.1, -0.05) is 23.7 Å². The molecular formula is C13H13ClN4O2. The molecule has 1 N–H and O–H groups in total. The highest BCUT2D eigenvalue weighted by atomic mass is 35.5. The van der Waals surface area contributed by atoms with Crippen molar-refractivity contribution in [2.75, 3.05) is 0 Å². The molecule has 0 radical (unpaired) electrons. The van der Waals surface area contributed by atoms with Gasteiger partial charge in [0, 0.05) is 10.6 Å². The number of hydrogen-bond donors (Lipinski definition) is 1. The summed E-state index contributed by atoms with van der Waals surface area (Å²) < 4.78 is 1.43. The molecule has 1 aromatic carbocycles. The van der Waals surface area contributed by atoms with E-state index in [0.29, 0.717) is 23.7 Å². The number of tetrazole rings is 1. The number of nitrogens with zero attached hydrogens (tertiary/aromatic N) is 4. The molecule has 1 saturated carbocycles. The van der Waals surface area contributed by atoms with Crippen LogP contribution < -0.4 is 0 Å². The number of hydrogen-bond acceptors (Lipinski definition) is 4. The van der Waals surface area contributed by atoms with Crippen LogP contribution in [-0.2, 0) is 10.3 Å². The molecular weight excluding hydrogens is 280 g/mol. The molecule has 0 unspecified atom stereocenters. The number of aliphatic carboxylic acids is 1. The molecule has 0 bridgehead atoms. The van der Waals surface area contributed by atoms with Gasteiger partial charge in [-0.05, 0) is 48.2 Å². The highest BCUT2D eigenvalue weighted by Gasteiger charge is 2.49. The Kier molecular flexibility index (Phi) is 2.97. The van der Waals surface area contributed by atoms with E-state index in [1.165, 1.54) is 4.68 Å². The standard InChI is InChI=1S/C13H13ClN4O2/c1-8-9(4-2-5-10(8)14)11-15-16-17-18(11)13(12(19)20)6-3-7-13/h2,4-5H,3,6-7H2,1H3,(H,19,20). The second kappa shape index (κ2) is 4.56. The quantitative estimate of drug-likeness (QED) is 0.938. The van der Waals surface area contributed by atoms with Crippen LogP contribution in [0.2, 0.25) is 5.02 Å². The van der Waals surface area contributed by atoms with Gasteiger partial charge in [0.2, 0.25) is 0 Å². The summed E-state index contributed by atoms with van der Waals surface area (Å²) in [7, 11) is 0. The van der Waals surface area contributed by atoms with Crippen molar-refractivity contribution in [3.05, 3.63) is 28.8 Å². The zero-order valence-electron chi connectivity index (χ0n) is 10.9. The van der Waals surface area contributed by atoms with E-state index in [-0.39, 0.29) is 0 Å². The Hall–Kier alpha value is -1.95. The maximum atomic E-state index is 11.6. The average Bonchev–Trinajstić information content (AvgIpc) is 2.80. The molecule has 0 aliphatic heterocycles. The Morgan fingerprint density at radius 2 is 2.20 bits per heavy atom. The van der Waals surface area contributed by atoms with Crippen LogP contribution in [0.5, 0.6) is 0 Å². The fourth-order valence-electron chi connectivity index (χ4n) is 2.52. The van der Waals surface area contributed by atoms with Gasteiger partial charge in [-0.2, -0.15) is 0 Å². The molecule has 0 spiro atoms. The minimum atomic E-state index is -1.02. The van der Waals surface area contributed by atoms with E-state index in [1.807, 2.05) is 13.0 Å². The molecule has 1 aromatic heterocycles. The molecule has 1 heterocycles. The van der Waals surface area contributed by atoms with Gasteiger partial charge >= 0.3 is 5.97 Å². The van der Waals surface area contributed by atoms with E-state index in [1.54, 1.807) is 12.1 Å². The minimum Gasteiger partial charge on any atom is -0.479 e. The summed E-state index contributed by atoms with van der Waals surface area (Å²) in [6.07, 6.45) is 1.94. The first-order valence-corrected chi connectivity index (χ1v) is 6.72. The van der Waals surface area contributed by atoms with Crippen LogP contribution in [-0.4, -0.2) is 31.3 Å². The van der Waals surface area contributed by atoms with Crippen molar-refractivity contribution < 1.29 is 9.90 Å². The molecule has 0 amide bonds. The summed E-state index contributed by atoms with van der Waals surface area (Å²) in [4.78, 5) is 11.6. The summed E-state index contributed by atoms with van der Waals surface area (Å²) in [5.41, 5.74) is 0.577. The van der Waals surface area contributed by atoms with Crippen LogP contribution in [0, 0.1) is 6.92 Å². The molecule has 1 aliphatic rings. The lowest BCUT2D eigenvalue weighted by Crippen LogP contribution is -2.48. The van der Waals surface area contributed by atoms with Gasteiger partial charge in [-0.15, -0.1) is 5.10 Å². The molecule has 1 aliphatic carbocycles. The summed E-state index contributed by atoms with van der Waals surface area (Å²) in [5.74, 6) is -0.441. The maximum absolute atomic E-state index is 11.6. The predicted octanol–water partition coefficient (Wildman–Crippen LogP) is 2.27. The highest BCUT2D eigenvalue weighted by Crippen LogP contribution is 2.41. The minimum absolute atomic E-state index is 0.451. The third-order valence-electron chi connectivity index (χ3n) is 3.96. The van der Waals surface area contributed by atoms with Gasteiger partial charge < -0.3 is 5.11 Å². The average molecular weight is 293 g/mol. The van der Waals surface area contributed by atoms with E-state index < -0.39 is 11.5 Å². The molecule has 6 nitrogen and oxygen atoms in total. The second-order valence-electron chi connectivity index (χ2n) is 5.02. The molecule has 20 heavy (non-hydrogen) atoms. The SMILES string of the molecule is Cc1c(Cl)cccc1-c1nnnn1C1(C(=O)O)CCC1. The Morgan fingerprint density at radius 3 is 2.80 bits per heavy atom. The van der Waals surface area contributed by atoms with Crippen molar-refractivity contribution in [2.45, 2.75) is 31.7 Å². The Bertz CT molecular complexity index is 679. The van der Waals surface area contributed by atoms with Crippen molar-refractivity contribution in [1.82, 2.24) is 20.2 Å². The molecule has 7 heteroatoms. The third-order valence-corrected chi connectivity index (χ3v) is 4.37. The molecule has 1 fully saturated rings. The van der Waals surface area contributed by atoms with Crippen molar-refractivity contribution in [3.8, 4) is 11.4 Å². The van der Waals surface area contributed by atoms with Gasteiger partial charge in [0.1, 0.15) is 0 Å². The van der Waals surface area contributed by atoms with E-state index in [4.69, 9.17) is 11.6 Å². The first-order chi connectivity index (χ1) is 9.56. The smallest absolute Gasteiger partial charge is 0.331 e. The van der Waals surface area contributed by atoms with E-state index in [2.05, 4.69) is 15.5 Å². The number of halogens is 1. The summed E-state index contributed by atoms with van der Waals surface area (Å²) in [5, 5.41) is 21.7. The summed E-state index contributed by atoms with van der Waals surface area (Å²) >= 11 is 6.11. The highest BCUT2D eigenvalue weighted by molar-refractivity contribution is 6.31. The van der Waals surface area contributed by atoms with Gasteiger partial charge in [-0.25, -0.2) is 9.48 Å². The zero-order chi connectivity index (χ0) is 14.3.